The summed E-state index contributed by atoms with van der Waals surface area (Å²) in [5, 5.41) is 0.815. The van der Waals surface area contributed by atoms with Gasteiger partial charge in [-0.3, -0.25) is 4.79 Å². The number of nitrogens with zero attached hydrogens (tertiary/aromatic N) is 1. The summed E-state index contributed by atoms with van der Waals surface area (Å²) in [6.45, 7) is 1.96. The van der Waals surface area contributed by atoms with Crippen molar-refractivity contribution in [3.8, 4) is 11.3 Å². The lowest BCUT2D eigenvalue weighted by molar-refractivity contribution is 0.100. The van der Waals surface area contributed by atoms with Crippen molar-refractivity contribution in [1.82, 2.24) is 4.98 Å². The van der Waals surface area contributed by atoms with Crippen molar-refractivity contribution >= 4 is 49.1 Å². The standard InChI is InChI=1S/C15H12BrN3OS/c1-7-6-10(8-2-4-9(16)5-3-8)19-15-11(7)12(17)13(21-15)14(18)20/h2-6H,17H2,1H3,(H2,18,20). The zero-order chi connectivity index (χ0) is 15.1. The molecule has 4 N–H and O–H groups in total. The van der Waals surface area contributed by atoms with Gasteiger partial charge in [0, 0.05) is 15.4 Å². The summed E-state index contributed by atoms with van der Waals surface area (Å²) < 4.78 is 1.01. The Morgan fingerprint density at radius 1 is 1.29 bits per heavy atom. The molecule has 3 rings (SSSR count). The average Bonchev–Trinajstić information content (AvgIpc) is 2.77. The van der Waals surface area contributed by atoms with Crippen LogP contribution in [-0.4, -0.2) is 10.9 Å². The van der Waals surface area contributed by atoms with Crippen molar-refractivity contribution in [1.29, 1.82) is 0 Å². The number of primary amides is 1. The molecule has 21 heavy (non-hydrogen) atoms. The third-order valence-electron chi connectivity index (χ3n) is 3.26. The summed E-state index contributed by atoms with van der Waals surface area (Å²) >= 11 is 4.65. The van der Waals surface area contributed by atoms with E-state index in [0.717, 1.165) is 31.5 Å². The number of hydrogen-bond donors (Lipinski definition) is 2. The highest BCUT2D eigenvalue weighted by molar-refractivity contribution is 9.10. The van der Waals surface area contributed by atoms with E-state index in [9.17, 15) is 4.79 Å². The summed E-state index contributed by atoms with van der Waals surface area (Å²) in [6, 6.07) is 9.88. The molecule has 4 nitrogen and oxygen atoms in total. The maximum absolute atomic E-state index is 11.4. The number of aromatic nitrogens is 1. The Bertz CT molecular complexity index is 855. The molecule has 3 aromatic rings. The lowest BCUT2D eigenvalue weighted by Crippen LogP contribution is -2.10. The van der Waals surface area contributed by atoms with Crippen LogP contribution in [0, 0.1) is 6.92 Å². The lowest BCUT2D eigenvalue weighted by Gasteiger charge is -2.04. The largest absolute Gasteiger partial charge is 0.397 e. The van der Waals surface area contributed by atoms with Gasteiger partial charge in [0.05, 0.1) is 11.4 Å². The number of anilines is 1. The second-order valence-electron chi connectivity index (χ2n) is 4.72. The van der Waals surface area contributed by atoms with Gasteiger partial charge in [-0.05, 0) is 30.7 Å². The zero-order valence-electron chi connectivity index (χ0n) is 11.2. The van der Waals surface area contributed by atoms with Crippen molar-refractivity contribution < 1.29 is 4.79 Å². The Kier molecular flexibility index (Phi) is 3.43. The molecule has 1 amide bonds. The SMILES string of the molecule is Cc1cc(-c2ccc(Br)cc2)nc2sc(C(N)=O)c(N)c12. The topological polar surface area (TPSA) is 82.0 Å². The lowest BCUT2D eigenvalue weighted by atomic mass is 10.1. The molecule has 0 spiro atoms. The van der Waals surface area contributed by atoms with Crippen molar-refractivity contribution in [3.05, 3.63) is 45.2 Å². The number of nitrogens with two attached hydrogens (primary N) is 2. The molecule has 0 aliphatic heterocycles. The predicted octanol–water partition coefficient (Wildman–Crippen LogP) is 3.72. The first-order valence-electron chi connectivity index (χ1n) is 6.22. The van der Waals surface area contributed by atoms with E-state index in [1.54, 1.807) is 0 Å². The predicted molar refractivity (Wildman–Crippen MR) is 90.4 cm³/mol. The number of halogens is 1. The van der Waals surface area contributed by atoms with Crippen molar-refractivity contribution in [2.75, 3.05) is 5.73 Å². The fourth-order valence-corrected chi connectivity index (χ4v) is 3.55. The molecule has 0 saturated carbocycles. The number of pyridine rings is 1. The van der Waals surface area contributed by atoms with E-state index in [0.29, 0.717) is 10.6 Å². The van der Waals surface area contributed by atoms with Gasteiger partial charge >= 0.3 is 0 Å². The molecule has 0 unspecified atom stereocenters. The Hall–Kier alpha value is -1.92. The molecule has 0 aliphatic carbocycles. The summed E-state index contributed by atoms with van der Waals surface area (Å²) in [4.78, 5) is 17.1. The normalized spacial score (nSPS) is 11.0. The number of thiophene rings is 1. The van der Waals surface area contributed by atoms with Crippen LogP contribution in [0.5, 0.6) is 0 Å². The van der Waals surface area contributed by atoms with Crippen LogP contribution < -0.4 is 11.5 Å². The minimum absolute atomic E-state index is 0.369. The molecule has 0 saturated heterocycles. The molecular formula is C15H12BrN3OS. The first-order chi connectivity index (χ1) is 9.97. The second kappa shape index (κ2) is 5.13. The van der Waals surface area contributed by atoms with Gasteiger partial charge in [-0.1, -0.05) is 28.1 Å². The third-order valence-corrected chi connectivity index (χ3v) is 4.90. The molecule has 0 aliphatic rings. The van der Waals surface area contributed by atoms with Gasteiger partial charge in [-0.2, -0.15) is 0 Å². The Labute approximate surface area is 133 Å². The van der Waals surface area contributed by atoms with Crippen molar-refractivity contribution in [3.63, 3.8) is 0 Å². The summed E-state index contributed by atoms with van der Waals surface area (Å²) in [5.41, 5.74) is 14.6. The number of nitrogen functional groups attached to an aromatic ring is 1. The van der Waals surface area contributed by atoms with Gasteiger partial charge in [0.2, 0.25) is 0 Å². The highest BCUT2D eigenvalue weighted by Crippen LogP contribution is 2.36. The molecule has 2 heterocycles. The van der Waals surface area contributed by atoms with Gasteiger partial charge in [0.1, 0.15) is 9.71 Å². The van der Waals surface area contributed by atoms with Crippen LogP contribution in [0.2, 0.25) is 0 Å². The maximum atomic E-state index is 11.4. The maximum Gasteiger partial charge on any atom is 0.260 e. The van der Waals surface area contributed by atoms with E-state index in [-0.39, 0.29) is 0 Å². The van der Waals surface area contributed by atoms with Gasteiger partial charge in [-0.25, -0.2) is 4.98 Å². The quantitative estimate of drug-likeness (QED) is 0.729. The molecule has 0 atom stereocenters. The van der Waals surface area contributed by atoms with E-state index in [1.165, 1.54) is 11.3 Å². The van der Waals surface area contributed by atoms with E-state index in [2.05, 4.69) is 20.9 Å². The number of hydrogen-bond acceptors (Lipinski definition) is 4. The Balaban J connectivity index is 2.23. The van der Waals surface area contributed by atoms with Gasteiger partial charge in [0.15, 0.2) is 0 Å². The molecule has 106 valence electrons. The third kappa shape index (κ3) is 2.41. The Morgan fingerprint density at radius 3 is 2.57 bits per heavy atom. The minimum Gasteiger partial charge on any atom is -0.397 e. The molecule has 2 aromatic heterocycles. The number of amides is 1. The molecule has 1 aromatic carbocycles. The van der Waals surface area contributed by atoms with Crippen LogP contribution in [0.1, 0.15) is 15.2 Å². The van der Waals surface area contributed by atoms with E-state index < -0.39 is 5.91 Å². The van der Waals surface area contributed by atoms with Gasteiger partial charge < -0.3 is 11.5 Å². The smallest absolute Gasteiger partial charge is 0.260 e. The number of benzene rings is 1. The highest BCUT2D eigenvalue weighted by Gasteiger charge is 2.17. The molecule has 6 heteroatoms. The van der Waals surface area contributed by atoms with Crippen LogP contribution in [0.3, 0.4) is 0 Å². The van der Waals surface area contributed by atoms with Crippen LogP contribution in [0.4, 0.5) is 5.69 Å². The number of aryl methyl sites for hydroxylation is 1. The second-order valence-corrected chi connectivity index (χ2v) is 6.64. The monoisotopic (exact) mass is 361 g/mol. The van der Waals surface area contributed by atoms with Crippen LogP contribution >= 0.6 is 27.3 Å². The highest BCUT2D eigenvalue weighted by atomic mass is 79.9. The molecule has 0 radical (unpaired) electrons. The number of carbonyl (C=O) groups is 1. The van der Waals surface area contributed by atoms with Gasteiger partial charge in [-0.15, -0.1) is 11.3 Å². The molecule has 0 bridgehead atoms. The molecule has 0 fully saturated rings. The van der Waals surface area contributed by atoms with E-state index in [1.807, 2.05) is 37.3 Å². The summed E-state index contributed by atoms with van der Waals surface area (Å²) in [7, 11) is 0. The van der Waals surface area contributed by atoms with Crippen LogP contribution in [0.15, 0.2) is 34.8 Å². The number of carbonyl (C=O) groups excluding carboxylic acids is 1. The fourth-order valence-electron chi connectivity index (χ4n) is 2.26. The van der Waals surface area contributed by atoms with E-state index in [4.69, 9.17) is 11.5 Å². The Morgan fingerprint density at radius 2 is 1.95 bits per heavy atom. The first-order valence-corrected chi connectivity index (χ1v) is 7.83. The average molecular weight is 362 g/mol. The summed E-state index contributed by atoms with van der Waals surface area (Å²) in [5.74, 6) is -0.514. The fraction of sp³-hybridized carbons (Fsp3) is 0.0667. The van der Waals surface area contributed by atoms with E-state index >= 15 is 0 Å². The number of rotatable bonds is 2. The van der Waals surface area contributed by atoms with Crippen LogP contribution in [0.25, 0.3) is 21.5 Å². The van der Waals surface area contributed by atoms with Crippen molar-refractivity contribution in [2.24, 2.45) is 5.73 Å². The summed E-state index contributed by atoms with van der Waals surface area (Å²) in [6.07, 6.45) is 0. The van der Waals surface area contributed by atoms with Crippen LogP contribution in [-0.2, 0) is 0 Å². The number of fused-ring (bicyclic) bond motifs is 1. The van der Waals surface area contributed by atoms with Gasteiger partial charge in [0.25, 0.3) is 5.91 Å². The van der Waals surface area contributed by atoms with Crippen molar-refractivity contribution in [2.45, 2.75) is 6.92 Å². The zero-order valence-corrected chi connectivity index (χ0v) is 13.6. The molecular weight excluding hydrogens is 350 g/mol. The minimum atomic E-state index is -0.514. The first kappa shape index (κ1) is 14.0.